The molecule has 0 radical (unpaired) electrons. The summed E-state index contributed by atoms with van der Waals surface area (Å²) in [7, 11) is -2.36. The third-order valence-corrected chi connectivity index (χ3v) is 6.54. The summed E-state index contributed by atoms with van der Waals surface area (Å²) in [4.78, 5) is 15.2. The first kappa shape index (κ1) is 22.2. The fraction of sp³-hybridized carbons (Fsp3) is 0.381. The van der Waals surface area contributed by atoms with Crippen LogP contribution in [-0.2, 0) is 14.8 Å². The van der Waals surface area contributed by atoms with Crippen molar-refractivity contribution in [1.82, 2.24) is 0 Å². The maximum absolute atomic E-state index is 12.9. The average Bonchev–Trinajstić information content (AvgIpc) is 3.22. The molecule has 3 rings (SSSR count). The Hall–Kier alpha value is -2.45. The first-order chi connectivity index (χ1) is 14.2. The van der Waals surface area contributed by atoms with Crippen molar-refractivity contribution in [3.63, 3.8) is 0 Å². The van der Waals surface area contributed by atoms with Crippen molar-refractivity contribution in [3.05, 3.63) is 47.5 Å². The summed E-state index contributed by atoms with van der Waals surface area (Å²) in [6.45, 7) is 3.59. The molecule has 2 aromatic rings. The molecule has 1 aliphatic rings. The molecule has 0 bridgehead atoms. The first-order valence-corrected chi connectivity index (χ1v) is 11.9. The van der Waals surface area contributed by atoms with Crippen LogP contribution in [-0.4, -0.2) is 46.8 Å². The van der Waals surface area contributed by atoms with Gasteiger partial charge in [-0.25, -0.2) is 8.42 Å². The SMILES string of the molecule is COc1ccc(Cl)cc1N(C(C)C(=O)Nc1ccc(N2CCCC2)cc1)S(C)(=O)=O. The van der Waals surface area contributed by atoms with Gasteiger partial charge in [0.1, 0.15) is 11.8 Å². The highest BCUT2D eigenvalue weighted by Gasteiger charge is 2.31. The van der Waals surface area contributed by atoms with Gasteiger partial charge in [0.05, 0.1) is 19.1 Å². The lowest BCUT2D eigenvalue weighted by Crippen LogP contribution is -2.45. The summed E-state index contributed by atoms with van der Waals surface area (Å²) in [6.07, 6.45) is 3.41. The number of anilines is 3. The van der Waals surface area contributed by atoms with E-state index in [4.69, 9.17) is 16.3 Å². The number of benzene rings is 2. The molecular weight excluding hydrogens is 426 g/mol. The molecule has 1 fully saturated rings. The summed E-state index contributed by atoms with van der Waals surface area (Å²) in [5.74, 6) is -0.157. The third-order valence-electron chi connectivity index (χ3n) is 5.07. The molecule has 1 aliphatic heterocycles. The van der Waals surface area contributed by atoms with Crippen LogP contribution in [0.1, 0.15) is 19.8 Å². The number of ether oxygens (including phenoxy) is 1. The highest BCUT2D eigenvalue weighted by Crippen LogP contribution is 2.34. The Labute approximate surface area is 182 Å². The predicted molar refractivity (Wildman–Crippen MR) is 121 cm³/mol. The number of carbonyl (C=O) groups excluding carboxylic acids is 1. The molecule has 1 atom stereocenters. The second kappa shape index (κ2) is 9.14. The number of methoxy groups -OCH3 is 1. The molecule has 7 nitrogen and oxygen atoms in total. The largest absolute Gasteiger partial charge is 0.495 e. The number of nitrogens with zero attached hydrogens (tertiary/aromatic N) is 2. The van der Waals surface area contributed by atoms with Gasteiger partial charge in [-0.2, -0.15) is 0 Å². The van der Waals surface area contributed by atoms with Gasteiger partial charge in [-0.05, 0) is 62.2 Å². The number of nitrogens with one attached hydrogen (secondary N) is 1. The van der Waals surface area contributed by atoms with Crippen LogP contribution in [0, 0.1) is 0 Å². The minimum absolute atomic E-state index is 0.208. The van der Waals surface area contributed by atoms with E-state index in [0.717, 1.165) is 29.3 Å². The van der Waals surface area contributed by atoms with Crippen LogP contribution in [0.5, 0.6) is 5.75 Å². The van der Waals surface area contributed by atoms with Gasteiger partial charge in [0, 0.05) is 29.5 Å². The Balaban J connectivity index is 1.82. The molecule has 162 valence electrons. The Kier molecular flexibility index (Phi) is 6.77. The zero-order valence-electron chi connectivity index (χ0n) is 17.3. The Morgan fingerprint density at radius 3 is 2.37 bits per heavy atom. The number of hydrogen-bond acceptors (Lipinski definition) is 5. The van der Waals surface area contributed by atoms with Gasteiger partial charge in [-0.3, -0.25) is 9.10 Å². The van der Waals surface area contributed by atoms with E-state index in [-0.39, 0.29) is 5.69 Å². The Bertz CT molecular complexity index is 1010. The summed E-state index contributed by atoms with van der Waals surface area (Å²) in [5, 5.41) is 3.13. The topological polar surface area (TPSA) is 79.0 Å². The van der Waals surface area contributed by atoms with E-state index in [2.05, 4.69) is 10.2 Å². The van der Waals surface area contributed by atoms with Gasteiger partial charge in [0.15, 0.2) is 0 Å². The lowest BCUT2D eigenvalue weighted by atomic mass is 10.2. The van der Waals surface area contributed by atoms with Gasteiger partial charge in [0.2, 0.25) is 15.9 Å². The molecule has 1 saturated heterocycles. The minimum atomic E-state index is -3.79. The molecule has 30 heavy (non-hydrogen) atoms. The number of carbonyl (C=O) groups is 1. The number of halogens is 1. The average molecular weight is 452 g/mol. The standard InChI is InChI=1S/C21H26ClN3O4S/c1-15(25(30(3,27)28)19-14-16(22)6-11-20(19)29-2)21(26)23-17-7-9-18(10-8-17)24-12-4-5-13-24/h6-11,14-15H,4-5,12-13H2,1-3H3,(H,23,26). The Morgan fingerprint density at radius 1 is 1.17 bits per heavy atom. The van der Waals surface area contributed by atoms with Crippen LogP contribution in [0.15, 0.2) is 42.5 Å². The monoisotopic (exact) mass is 451 g/mol. The molecule has 1 amide bonds. The van der Waals surface area contributed by atoms with E-state index in [1.165, 1.54) is 32.9 Å². The van der Waals surface area contributed by atoms with E-state index in [1.807, 2.05) is 24.3 Å². The highest BCUT2D eigenvalue weighted by molar-refractivity contribution is 7.92. The van der Waals surface area contributed by atoms with Crippen molar-refractivity contribution < 1.29 is 17.9 Å². The van der Waals surface area contributed by atoms with Crippen molar-refractivity contribution in [2.75, 3.05) is 41.0 Å². The molecule has 1 unspecified atom stereocenters. The van der Waals surface area contributed by atoms with Crippen molar-refractivity contribution >= 4 is 44.6 Å². The van der Waals surface area contributed by atoms with Gasteiger partial charge in [-0.1, -0.05) is 11.6 Å². The van der Waals surface area contributed by atoms with Gasteiger partial charge < -0.3 is 15.0 Å². The summed E-state index contributed by atoms with van der Waals surface area (Å²) in [6, 6.07) is 11.2. The molecular formula is C21H26ClN3O4S. The fourth-order valence-corrected chi connectivity index (χ4v) is 4.93. The highest BCUT2D eigenvalue weighted by atomic mass is 35.5. The predicted octanol–water partition coefficient (Wildman–Crippen LogP) is 3.74. The van der Waals surface area contributed by atoms with Crippen molar-refractivity contribution in [3.8, 4) is 5.75 Å². The van der Waals surface area contributed by atoms with E-state index < -0.39 is 22.0 Å². The number of sulfonamides is 1. The fourth-order valence-electron chi connectivity index (χ4n) is 3.59. The second-order valence-corrected chi connectivity index (χ2v) is 9.58. The van der Waals surface area contributed by atoms with Crippen molar-refractivity contribution in [1.29, 1.82) is 0 Å². The quantitative estimate of drug-likeness (QED) is 0.693. The number of amides is 1. The summed E-state index contributed by atoms with van der Waals surface area (Å²) in [5.41, 5.74) is 1.92. The van der Waals surface area contributed by atoms with Crippen LogP contribution in [0.3, 0.4) is 0 Å². The van der Waals surface area contributed by atoms with Crippen LogP contribution < -0.4 is 19.3 Å². The maximum atomic E-state index is 12.9. The molecule has 1 heterocycles. The molecule has 0 aromatic heterocycles. The van der Waals surface area contributed by atoms with Crippen LogP contribution >= 0.6 is 11.6 Å². The van der Waals surface area contributed by atoms with E-state index in [0.29, 0.717) is 16.5 Å². The molecule has 9 heteroatoms. The Morgan fingerprint density at radius 2 is 1.80 bits per heavy atom. The number of hydrogen-bond donors (Lipinski definition) is 1. The summed E-state index contributed by atoms with van der Waals surface area (Å²) >= 11 is 6.07. The van der Waals surface area contributed by atoms with Crippen LogP contribution in [0.2, 0.25) is 5.02 Å². The minimum Gasteiger partial charge on any atom is -0.495 e. The van der Waals surface area contributed by atoms with Crippen molar-refractivity contribution in [2.24, 2.45) is 0 Å². The van der Waals surface area contributed by atoms with E-state index >= 15 is 0 Å². The third kappa shape index (κ3) is 4.99. The van der Waals surface area contributed by atoms with Gasteiger partial charge in [-0.15, -0.1) is 0 Å². The normalized spacial score (nSPS) is 15.0. The molecule has 1 N–H and O–H groups in total. The zero-order valence-corrected chi connectivity index (χ0v) is 18.8. The smallest absolute Gasteiger partial charge is 0.247 e. The molecule has 2 aromatic carbocycles. The second-order valence-electron chi connectivity index (χ2n) is 7.28. The lowest BCUT2D eigenvalue weighted by Gasteiger charge is -2.29. The molecule has 0 spiro atoms. The maximum Gasteiger partial charge on any atom is 0.247 e. The number of rotatable bonds is 7. The van der Waals surface area contributed by atoms with Crippen LogP contribution in [0.25, 0.3) is 0 Å². The van der Waals surface area contributed by atoms with E-state index in [9.17, 15) is 13.2 Å². The molecule has 0 aliphatic carbocycles. The lowest BCUT2D eigenvalue weighted by molar-refractivity contribution is -0.116. The zero-order chi connectivity index (χ0) is 21.9. The van der Waals surface area contributed by atoms with Gasteiger partial charge >= 0.3 is 0 Å². The van der Waals surface area contributed by atoms with Gasteiger partial charge in [0.25, 0.3) is 0 Å². The molecule has 0 saturated carbocycles. The summed E-state index contributed by atoms with van der Waals surface area (Å²) < 4.78 is 31.4. The van der Waals surface area contributed by atoms with Crippen molar-refractivity contribution in [2.45, 2.75) is 25.8 Å². The van der Waals surface area contributed by atoms with E-state index in [1.54, 1.807) is 12.1 Å². The first-order valence-electron chi connectivity index (χ1n) is 9.69. The van der Waals surface area contributed by atoms with Crippen LogP contribution in [0.4, 0.5) is 17.1 Å².